The van der Waals surface area contributed by atoms with Crippen molar-refractivity contribution >= 4 is 5.91 Å². The molecule has 2 rings (SSSR count). The van der Waals surface area contributed by atoms with Gasteiger partial charge in [-0.2, -0.15) is 0 Å². The molecule has 3 nitrogen and oxygen atoms in total. The number of amides is 1. The second-order valence-corrected chi connectivity index (χ2v) is 4.75. The molecular formula is C14H19NO2. The molecule has 1 aliphatic rings. The molecule has 0 radical (unpaired) electrons. The van der Waals surface area contributed by atoms with Gasteiger partial charge in [0.25, 0.3) is 5.91 Å². The summed E-state index contributed by atoms with van der Waals surface area (Å²) in [5, 5.41) is 11.8. The Morgan fingerprint density at radius 3 is 2.76 bits per heavy atom. The van der Waals surface area contributed by atoms with Gasteiger partial charge in [0.15, 0.2) is 0 Å². The van der Waals surface area contributed by atoms with E-state index in [0.717, 1.165) is 12.8 Å². The maximum atomic E-state index is 11.8. The average Bonchev–Trinajstić information content (AvgIpc) is 2.35. The number of carbonyl (C=O) groups is 1. The smallest absolute Gasteiger partial charge is 0.251 e. The Balaban J connectivity index is 2.08. The van der Waals surface area contributed by atoms with Crippen LogP contribution in [-0.2, 0) is 12.8 Å². The molecule has 0 aromatic heterocycles. The fraction of sp³-hybridized carbons (Fsp3) is 0.500. The molecule has 1 atom stereocenters. The van der Waals surface area contributed by atoms with Crippen molar-refractivity contribution in [2.45, 2.75) is 38.7 Å². The molecule has 0 fully saturated rings. The van der Waals surface area contributed by atoms with E-state index in [1.54, 1.807) is 6.92 Å². The quantitative estimate of drug-likeness (QED) is 0.834. The van der Waals surface area contributed by atoms with Gasteiger partial charge in [-0.05, 0) is 55.9 Å². The Morgan fingerprint density at radius 1 is 1.35 bits per heavy atom. The topological polar surface area (TPSA) is 49.3 Å². The predicted octanol–water partition coefficient (Wildman–Crippen LogP) is 1.68. The summed E-state index contributed by atoms with van der Waals surface area (Å²) >= 11 is 0. The second kappa shape index (κ2) is 5.32. The number of rotatable bonds is 3. The van der Waals surface area contributed by atoms with Gasteiger partial charge in [0, 0.05) is 12.1 Å². The molecule has 0 aliphatic heterocycles. The maximum Gasteiger partial charge on any atom is 0.251 e. The molecule has 1 aromatic rings. The van der Waals surface area contributed by atoms with Gasteiger partial charge in [-0.15, -0.1) is 0 Å². The molecule has 1 aliphatic carbocycles. The maximum absolute atomic E-state index is 11.8. The number of aryl methyl sites for hydroxylation is 2. The first kappa shape index (κ1) is 12.1. The van der Waals surface area contributed by atoms with Crippen molar-refractivity contribution in [2.24, 2.45) is 0 Å². The first-order valence-electron chi connectivity index (χ1n) is 6.25. The number of hydrogen-bond donors (Lipinski definition) is 2. The summed E-state index contributed by atoms with van der Waals surface area (Å²) in [7, 11) is 0. The number of hydrogen-bond acceptors (Lipinski definition) is 2. The van der Waals surface area contributed by atoms with E-state index < -0.39 is 6.10 Å². The second-order valence-electron chi connectivity index (χ2n) is 4.75. The summed E-state index contributed by atoms with van der Waals surface area (Å²) in [5.74, 6) is -0.0979. The number of fused-ring (bicyclic) bond motifs is 1. The summed E-state index contributed by atoms with van der Waals surface area (Å²) < 4.78 is 0. The molecule has 0 unspecified atom stereocenters. The third kappa shape index (κ3) is 3.07. The number of nitrogens with one attached hydrogen (secondary N) is 1. The van der Waals surface area contributed by atoms with E-state index in [9.17, 15) is 4.79 Å². The van der Waals surface area contributed by atoms with Gasteiger partial charge in [-0.25, -0.2) is 0 Å². The largest absolute Gasteiger partial charge is 0.392 e. The molecule has 2 N–H and O–H groups in total. The highest BCUT2D eigenvalue weighted by Gasteiger charge is 2.12. The minimum Gasteiger partial charge on any atom is -0.392 e. The van der Waals surface area contributed by atoms with E-state index in [0.29, 0.717) is 12.1 Å². The minimum absolute atomic E-state index is 0.0979. The van der Waals surface area contributed by atoms with Crippen LogP contribution in [0.2, 0.25) is 0 Å². The van der Waals surface area contributed by atoms with Crippen molar-refractivity contribution in [3.8, 4) is 0 Å². The molecule has 0 heterocycles. The number of aliphatic hydroxyl groups excluding tert-OH is 1. The van der Waals surface area contributed by atoms with Crippen molar-refractivity contribution in [1.29, 1.82) is 0 Å². The number of aliphatic hydroxyl groups is 1. The fourth-order valence-electron chi connectivity index (χ4n) is 2.22. The summed E-state index contributed by atoms with van der Waals surface area (Å²) in [5.41, 5.74) is 3.38. The van der Waals surface area contributed by atoms with Crippen LogP contribution in [0, 0.1) is 0 Å². The Kier molecular flexibility index (Phi) is 3.79. The Labute approximate surface area is 102 Å². The van der Waals surface area contributed by atoms with Crippen LogP contribution in [0.15, 0.2) is 18.2 Å². The standard InChI is InChI=1S/C14H19NO2/c1-10(16)9-15-14(17)13-7-6-11-4-2-3-5-12(11)8-13/h6-8,10,16H,2-5,9H2,1H3,(H,15,17)/t10-/m0/s1. The van der Waals surface area contributed by atoms with Crippen LogP contribution in [0.25, 0.3) is 0 Å². The van der Waals surface area contributed by atoms with Crippen LogP contribution in [0.5, 0.6) is 0 Å². The summed E-state index contributed by atoms with van der Waals surface area (Å²) in [6, 6.07) is 5.93. The zero-order chi connectivity index (χ0) is 12.3. The van der Waals surface area contributed by atoms with Crippen molar-refractivity contribution in [2.75, 3.05) is 6.54 Å². The van der Waals surface area contributed by atoms with Crippen LogP contribution in [0.4, 0.5) is 0 Å². The van der Waals surface area contributed by atoms with E-state index in [4.69, 9.17) is 5.11 Å². The molecule has 0 saturated carbocycles. The summed E-state index contributed by atoms with van der Waals surface area (Å²) in [6.07, 6.45) is 4.17. The van der Waals surface area contributed by atoms with Crippen LogP contribution in [-0.4, -0.2) is 23.7 Å². The highest BCUT2D eigenvalue weighted by molar-refractivity contribution is 5.94. The van der Waals surface area contributed by atoms with Crippen molar-refractivity contribution in [1.82, 2.24) is 5.32 Å². The van der Waals surface area contributed by atoms with Crippen LogP contribution >= 0.6 is 0 Å². The van der Waals surface area contributed by atoms with Gasteiger partial charge in [-0.1, -0.05) is 6.07 Å². The van der Waals surface area contributed by atoms with Crippen LogP contribution in [0.3, 0.4) is 0 Å². The first-order chi connectivity index (χ1) is 8.16. The number of carbonyl (C=O) groups excluding carboxylic acids is 1. The zero-order valence-corrected chi connectivity index (χ0v) is 10.2. The molecule has 1 aromatic carbocycles. The lowest BCUT2D eigenvalue weighted by Gasteiger charge is -2.16. The van der Waals surface area contributed by atoms with E-state index in [1.807, 2.05) is 12.1 Å². The van der Waals surface area contributed by atoms with E-state index in [-0.39, 0.29) is 5.91 Å². The lowest BCUT2D eigenvalue weighted by molar-refractivity contribution is 0.0924. The van der Waals surface area contributed by atoms with E-state index in [1.165, 1.54) is 24.0 Å². The monoisotopic (exact) mass is 233 g/mol. The van der Waals surface area contributed by atoms with Crippen molar-refractivity contribution < 1.29 is 9.90 Å². The zero-order valence-electron chi connectivity index (χ0n) is 10.2. The lowest BCUT2D eigenvalue weighted by atomic mass is 9.90. The van der Waals surface area contributed by atoms with Gasteiger partial charge in [-0.3, -0.25) is 4.79 Å². The first-order valence-corrected chi connectivity index (χ1v) is 6.25. The van der Waals surface area contributed by atoms with Crippen LogP contribution < -0.4 is 5.32 Å². The highest BCUT2D eigenvalue weighted by Crippen LogP contribution is 2.22. The van der Waals surface area contributed by atoms with Gasteiger partial charge in [0.05, 0.1) is 6.10 Å². The molecule has 0 bridgehead atoms. The van der Waals surface area contributed by atoms with Gasteiger partial charge < -0.3 is 10.4 Å². The Bertz CT molecular complexity index is 413. The Morgan fingerprint density at radius 2 is 2.06 bits per heavy atom. The van der Waals surface area contributed by atoms with E-state index >= 15 is 0 Å². The number of benzene rings is 1. The average molecular weight is 233 g/mol. The van der Waals surface area contributed by atoms with Gasteiger partial charge in [0.2, 0.25) is 0 Å². The molecule has 0 spiro atoms. The normalized spacial score (nSPS) is 16.1. The third-order valence-corrected chi connectivity index (χ3v) is 3.17. The fourth-order valence-corrected chi connectivity index (χ4v) is 2.22. The predicted molar refractivity (Wildman–Crippen MR) is 67.1 cm³/mol. The highest BCUT2D eigenvalue weighted by atomic mass is 16.3. The SMILES string of the molecule is C[C@H](O)CNC(=O)c1ccc2c(c1)CCCC2. The summed E-state index contributed by atoms with van der Waals surface area (Å²) in [4.78, 5) is 11.8. The summed E-state index contributed by atoms with van der Waals surface area (Å²) in [6.45, 7) is 1.96. The molecule has 92 valence electrons. The molecule has 3 heteroatoms. The Hall–Kier alpha value is -1.35. The van der Waals surface area contributed by atoms with Crippen molar-refractivity contribution in [3.63, 3.8) is 0 Å². The molecule has 1 amide bonds. The van der Waals surface area contributed by atoms with E-state index in [2.05, 4.69) is 11.4 Å². The third-order valence-electron chi connectivity index (χ3n) is 3.17. The molecular weight excluding hydrogens is 214 g/mol. The van der Waals surface area contributed by atoms with Crippen molar-refractivity contribution in [3.05, 3.63) is 34.9 Å². The molecule has 0 saturated heterocycles. The van der Waals surface area contributed by atoms with Gasteiger partial charge >= 0.3 is 0 Å². The minimum atomic E-state index is -0.503. The van der Waals surface area contributed by atoms with Gasteiger partial charge in [0.1, 0.15) is 0 Å². The lowest BCUT2D eigenvalue weighted by Crippen LogP contribution is -2.30. The van der Waals surface area contributed by atoms with Crippen LogP contribution in [0.1, 0.15) is 41.3 Å². The molecule has 17 heavy (non-hydrogen) atoms.